The first-order chi connectivity index (χ1) is 7.19. The smallest absolute Gasteiger partial charge is 0.134 e. The molecule has 15 heavy (non-hydrogen) atoms. The molecule has 0 saturated heterocycles. The Labute approximate surface area is 90.1 Å². The molecule has 1 unspecified atom stereocenters. The van der Waals surface area contributed by atoms with Gasteiger partial charge in [0.25, 0.3) is 0 Å². The Morgan fingerprint density at radius 3 is 2.87 bits per heavy atom. The van der Waals surface area contributed by atoms with E-state index in [0.717, 1.165) is 17.8 Å². The van der Waals surface area contributed by atoms with Crippen molar-refractivity contribution in [3.63, 3.8) is 0 Å². The molecule has 1 aromatic heterocycles. The number of nitrogen functional groups attached to an aromatic ring is 1. The van der Waals surface area contributed by atoms with Gasteiger partial charge in [0, 0.05) is 12.7 Å². The zero-order valence-electron chi connectivity index (χ0n) is 9.45. The minimum absolute atomic E-state index is 0.253. The van der Waals surface area contributed by atoms with E-state index in [1.54, 1.807) is 7.11 Å². The number of anilines is 2. The van der Waals surface area contributed by atoms with Gasteiger partial charge in [-0.3, -0.25) is 0 Å². The summed E-state index contributed by atoms with van der Waals surface area (Å²) in [5, 5.41) is 3.28. The SMILES string of the molecule is CCC(COC)Nc1ncnc(N)c1C. The van der Waals surface area contributed by atoms with Crippen molar-refractivity contribution in [2.75, 3.05) is 24.8 Å². The molecule has 0 spiro atoms. The Kier molecular flexibility index (Phi) is 4.30. The minimum Gasteiger partial charge on any atom is -0.383 e. The number of methoxy groups -OCH3 is 1. The van der Waals surface area contributed by atoms with Gasteiger partial charge in [-0.25, -0.2) is 9.97 Å². The molecule has 5 nitrogen and oxygen atoms in total. The molecule has 0 aliphatic rings. The first-order valence-electron chi connectivity index (χ1n) is 5.01. The zero-order valence-corrected chi connectivity index (χ0v) is 9.45. The first kappa shape index (κ1) is 11.7. The van der Waals surface area contributed by atoms with Crippen molar-refractivity contribution in [1.82, 2.24) is 9.97 Å². The number of nitrogens with zero attached hydrogens (tertiary/aromatic N) is 2. The van der Waals surface area contributed by atoms with E-state index in [2.05, 4.69) is 22.2 Å². The molecule has 0 fully saturated rings. The number of nitrogens with two attached hydrogens (primary N) is 1. The average molecular weight is 210 g/mol. The summed E-state index contributed by atoms with van der Waals surface area (Å²) in [7, 11) is 1.69. The van der Waals surface area contributed by atoms with Crippen molar-refractivity contribution < 1.29 is 4.74 Å². The maximum Gasteiger partial charge on any atom is 0.134 e. The number of ether oxygens (including phenoxy) is 1. The number of hydrogen-bond donors (Lipinski definition) is 2. The van der Waals surface area contributed by atoms with E-state index in [4.69, 9.17) is 10.5 Å². The highest BCUT2D eigenvalue weighted by Gasteiger charge is 2.09. The summed E-state index contributed by atoms with van der Waals surface area (Å²) in [6.07, 6.45) is 2.43. The van der Waals surface area contributed by atoms with E-state index in [0.29, 0.717) is 12.4 Å². The van der Waals surface area contributed by atoms with E-state index < -0.39 is 0 Å². The van der Waals surface area contributed by atoms with Gasteiger partial charge in [-0.15, -0.1) is 0 Å². The van der Waals surface area contributed by atoms with Gasteiger partial charge < -0.3 is 15.8 Å². The second kappa shape index (κ2) is 5.50. The van der Waals surface area contributed by atoms with Gasteiger partial charge in [-0.05, 0) is 13.3 Å². The van der Waals surface area contributed by atoms with Crippen LogP contribution < -0.4 is 11.1 Å². The highest BCUT2D eigenvalue weighted by molar-refractivity contribution is 5.54. The van der Waals surface area contributed by atoms with Crippen molar-refractivity contribution in [3.8, 4) is 0 Å². The van der Waals surface area contributed by atoms with Crippen LogP contribution in [0.2, 0.25) is 0 Å². The first-order valence-corrected chi connectivity index (χ1v) is 5.01. The molecule has 1 rings (SSSR count). The van der Waals surface area contributed by atoms with E-state index in [9.17, 15) is 0 Å². The van der Waals surface area contributed by atoms with Crippen LogP contribution in [0.1, 0.15) is 18.9 Å². The zero-order chi connectivity index (χ0) is 11.3. The van der Waals surface area contributed by atoms with Crippen LogP contribution in [-0.2, 0) is 4.74 Å². The molecule has 5 heteroatoms. The molecule has 1 aromatic rings. The number of rotatable bonds is 5. The van der Waals surface area contributed by atoms with Crippen LogP contribution in [-0.4, -0.2) is 29.7 Å². The van der Waals surface area contributed by atoms with Gasteiger partial charge in [-0.2, -0.15) is 0 Å². The number of aromatic nitrogens is 2. The summed E-state index contributed by atoms with van der Waals surface area (Å²) in [6, 6.07) is 0.253. The van der Waals surface area contributed by atoms with Crippen LogP contribution in [0.25, 0.3) is 0 Å². The third-order valence-electron chi connectivity index (χ3n) is 2.32. The van der Waals surface area contributed by atoms with Gasteiger partial charge in [0.05, 0.1) is 12.6 Å². The highest BCUT2D eigenvalue weighted by Crippen LogP contribution is 2.16. The van der Waals surface area contributed by atoms with E-state index in [-0.39, 0.29) is 6.04 Å². The maximum atomic E-state index is 5.69. The Bertz CT molecular complexity index is 316. The van der Waals surface area contributed by atoms with Crippen molar-refractivity contribution in [2.45, 2.75) is 26.3 Å². The summed E-state index contributed by atoms with van der Waals surface area (Å²) >= 11 is 0. The van der Waals surface area contributed by atoms with Crippen molar-refractivity contribution in [2.24, 2.45) is 0 Å². The van der Waals surface area contributed by atoms with Gasteiger partial charge in [-0.1, -0.05) is 6.92 Å². The van der Waals surface area contributed by atoms with Crippen LogP contribution in [0.4, 0.5) is 11.6 Å². The monoisotopic (exact) mass is 210 g/mol. The van der Waals surface area contributed by atoms with E-state index in [1.807, 2.05) is 6.92 Å². The van der Waals surface area contributed by atoms with E-state index >= 15 is 0 Å². The maximum absolute atomic E-state index is 5.69. The highest BCUT2D eigenvalue weighted by atomic mass is 16.5. The summed E-state index contributed by atoms with van der Waals surface area (Å²) in [5.74, 6) is 1.30. The molecule has 0 bridgehead atoms. The van der Waals surface area contributed by atoms with Crippen LogP contribution >= 0.6 is 0 Å². The molecule has 0 amide bonds. The lowest BCUT2D eigenvalue weighted by atomic mass is 10.2. The topological polar surface area (TPSA) is 73.1 Å². The Morgan fingerprint density at radius 1 is 1.53 bits per heavy atom. The molecule has 0 aliphatic carbocycles. The summed E-state index contributed by atoms with van der Waals surface area (Å²) < 4.78 is 5.10. The lowest BCUT2D eigenvalue weighted by molar-refractivity contribution is 0.184. The number of hydrogen-bond acceptors (Lipinski definition) is 5. The molecule has 0 aromatic carbocycles. The average Bonchev–Trinajstić information content (AvgIpc) is 2.24. The van der Waals surface area contributed by atoms with Gasteiger partial charge in [0.15, 0.2) is 0 Å². The summed E-state index contributed by atoms with van der Waals surface area (Å²) in [6.45, 7) is 4.65. The van der Waals surface area contributed by atoms with Gasteiger partial charge in [0.2, 0.25) is 0 Å². The standard InChI is InChI=1S/C10H18N4O/c1-4-8(5-15-3)14-10-7(2)9(11)12-6-13-10/h6,8H,4-5H2,1-3H3,(H3,11,12,13,14). The third-order valence-corrected chi connectivity index (χ3v) is 2.32. The van der Waals surface area contributed by atoms with Crippen LogP contribution in [0.5, 0.6) is 0 Å². The quantitative estimate of drug-likeness (QED) is 0.764. The molecule has 3 N–H and O–H groups in total. The Balaban J connectivity index is 2.74. The number of nitrogens with one attached hydrogen (secondary N) is 1. The molecule has 0 aliphatic heterocycles. The molecule has 0 saturated carbocycles. The molecule has 0 radical (unpaired) electrons. The molecular formula is C10H18N4O. The predicted octanol–water partition coefficient (Wildman–Crippen LogP) is 1.20. The van der Waals surface area contributed by atoms with Crippen molar-refractivity contribution in [1.29, 1.82) is 0 Å². The summed E-state index contributed by atoms with van der Waals surface area (Å²) in [4.78, 5) is 8.07. The molecule has 1 atom stereocenters. The van der Waals surface area contributed by atoms with E-state index in [1.165, 1.54) is 6.33 Å². The Hall–Kier alpha value is -1.36. The largest absolute Gasteiger partial charge is 0.383 e. The minimum atomic E-state index is 0.253. The molecule has 84 valence electrons. The van der Waals surface area contributed by atoms with Crippen LogP contribution in [0, 0.1) is 6.92 Å². The predicted molar refractivity (Wildman–Crippen MR) is 60.8 cm³/mol. The second-order valence-electron chi connectivity index (χ2n) is 3.44. The van der Waals surface area contributed by atoms with Crippen LogP contribution in [0.15, 0.2) is 6.33 Å². The third kappa shape index (κ3) is 3.06. The molecule has 1 heterocycles. The second-order valence-corrected chi connectivity index (χ2v) is 3.44. The normalized spacial score (nSPS) is 12.5. The fourth-order valence-electron chi connectivity index (χ4n) is 1.27. The van der Waals surface area contributed by atoms with Crippen molar-refractivity contribution >= 4 is 11.6 Å². The fraction of sp³-hybridized carbons (Fsp3) is 0.600. The van der Waals surface area contributed by atoms with Gasteiger partial charge in [0.1, 0.15) is 18.0 Å². The van der Waals surface area contributed by atoms with Crippen LogP contribution in [0.3, 0.4) is 0 Å². The molecular weight excluding hydrogens is 192 g/mol. The van der Waals surface area contributed by atoms with Crippen molar-refractivity contribution in [3.05, 3.63) is 11.9 Å². The lowest BCUT2D eigenvalue weighted by Crippen LogP contribution is -2.25. The lowest BCUT2D eigenvalue weighted by Gasteiger charge is -2.17. The van der Waals surface area contributed by atoms with Gasteiger partial charge >= 0.3 is 0 Å². The Morgan fingerprint density at radius 2 is 2.27 bits per heavy atom. The summed E-state index contributed by atoms with van der Waals surface area (Å²) in [5.41, 5.74) is 6.57. The fourth-order valence-corrected chi connectivity index (χ4v) is 1.27.